The van der Waals surface area contributed by atoms with E-state index in [9.17, 15) is 5.11 Å². The van der Waals surface area contributed by atoms with E-state index >= 15 is 0 Å². The molecule has 0 fully saturated rings. The maximum Gasteiger partial charge on any atom is 0.140 e. The molecule has 2 aromatic carbocycles. The third kappa shape index (κ3) is 2.66. The largest absolute Gasteiger partial charge is 0.486 e. The molecule has 0 saturated heterocycles. The fourth-order valence-corrected chi connectivity index (χ4v) is 2.96. The minimum absolute atomic E-state index is 0.420. The molecule has 4 heteroatoms. The van der Waals surface area contributed by atoms with Crippen LogP contribution in [0.2, 0.25) is 0 Å². The molecule has 1 aromatic heterocycles. The molecule has 20 heavy (non-hydrogen) atoms. The van der Waals surface area contributed by atoms with Gasteiger partial charge < -0.3 is 9.84 Å². The van der Waals surface area contributed by atoms with Crippen molar-refractivity contribution in [3.05, 3.63) is 59.1 Å². The Kier molecular flexibility index (Phi) is 3.67. The van der Waals surface area contributed by atoms with Crippen molar-refractivity contribution >= 4 is 21.6 Å². The van der Waals surface area contributed by atoms with Crippen molar-refractivity contribution in [1.82, 2.24) is 4.98 Å². The van der Waals surface area contributed by atoms with Gasteiger partial charge in [-0.25, -0.2) is 4.98 Å². The number of thiazole rings is 1. The van der Waals surface area contributed by atoms with Gasteiger partial charge in [0.2, 0.25) is 0 Å². The molecular formula is C16H15NO2S. The SMILES string of the molecule is C[C@@H](O)c1ccccc1OCc1nc2ccccc2s1. The molecule has 0 unspecified atom stereocenters. The third-order valence-corrected chi connectivity index (χ3v) is 4.07. The summed E-state index contributed by atoms with van der Waals surface area (Å²) in [5.74, 6) is 0.710. The number of aliphatic hydroxyl groups excluding tert-OH is 1. The average Bonchev–Trinajstić information content (AvgIpc) is 2.88. The summed E-state index contributed by atoms with van der Waals surface area (Å²) < 4.78 is 6.96. The predicted molar refractivity (Wildman–Crippen MR) is 81.0 cm³/mol. The number of aliphatic hydroxyl groups is 1. The maximum atomic E-state index is 9.72. The van der Waals surface area contributed by atoms with Gasteiger partial charge in [-0.2, -0.15) is 0 Å². The normalized spacial score (nSPS) is 12.5. The lowest BCUT2D eigenvalue weighted by Crippen LogP contribution is -2.00. The summed E-state index contributed by atoms with van der Waals surface area (Å²) in [5, 5.41) is 10.7. The van der Waals surface area contributed by atoms with Gasteiger partial charge in [0.25, 0.3) is 0 Å². The summed E-state index contributed by atoms with van der Waals surface area (Å²) in [4.78, 5) is 4.53. The van der Waals surface area contributed by atoms with E-state index in [1.807, 2.05) is 42.5 Å². The molecule has 3 rings (SSSR count). The molecule has 0 aliphatic rings. The van der Waals surface area contributed by atoms with Crippen molar-refractivity contribution in [3.8, 4) is 5.75 Å². The van der Waals surface area contributed by atoms with Crippen LogP contribution in [-0.2, 0) is 6.61 Å². The van der Waals surface area contributed by atoms with E-state index in [4.69, 9.17) is 4.74 Å². The second kappa shape index (κ2) is 5.61. The van der Waals surface area contributed by atoms with Crippen LogP contribution in [0.4, 0.5) is 0 Å². The number of aromatic nitrogens is 1. The van der Waals surface area contributed by atoms with Crippen LogP contribution < -0.4 is 4.74 Å². The van der Waals surface area contributed by atoms with Crippen LogP contribution in [0.3, 0.4) is 0 Å². The Morgan fingerprint density at radius 2 is 1.90 bits per heavy atom. The number of ether oxygens (including phenoxy) is 1. The van der Waals surface area contributed by atoms with Crippen molar-refractivity contribution in [2.24, 2.45) is 0 Å². The molecule has 0 spiro atoms. The Morgan fingerprint density at radius 3 is 2.70 bits per heavy atom. The number of benzene rings is 2. The van der Waals surface area contributed by atoms with Crippen LogP contribution in [-0.4, -0.2) is 10.1 Å². The first-order chi connectivity index (χ1) is 9.74. The first-order valence-electron chi connectivity index (χ1n) is 6.48. The smallest absolute Gasteiger partial charge is 0.140 e. The molecule has 1 N–H and O–H groups in total. The van der Waals surface area contributed by atoms with Gasteiger partial charge in [0, 0.05) is 5.56 Å². The standard InChI is InChI=1S/C16H15NO2S/c1-11(18)12-6-2-4-8-14(12)19-10-16-17-13-7-3-5-9-15(13)20-16/h2-9,11,18H,10H2,1H3/t11-/m1/s1. The van der Waals surface area contributed by atoms with Crippen molar-refractivity contribution < 1.29 is 9.84 Å². The van der Waals surface area contributed by atoms with Gasteiger partial charge in [-0.15, -0.1) is 11.3 Å². The highest BCUT2D eigenvalue weighted by Gasteiger charge is 2.09. The molecule has 1 heterocycles. The summed E-state index contributed by atoms with van der Waals surface area (Å²) in [6, 6.07) is 15.6. The van der Waals surface area contributed by atoms with Crippen molar-refractivity contribution in [2.75, 3.05) is 0 Å². The van der Waals surface area contributed by atoms with Gasteiger partial charge >= 0.3 is 0 Å². The lowest BCUT2D eigenvalue weighted by molar-refractivity contribution is 0.190. The van der Waals surface area contributed by atoms with Crippen LogP contribution in [0.25, 0.3) is 10.2 Å². The summed E-state index contributed by atoms with van der Waals surface area (Å²) in [6.45, 7) is 2.16. The second-order valence-electron chi connectivity index (χ2n) is 4.58. The molecule has 0 aliphatic heterocycles. The Hall–Kier alpha value is -1.91. The lowest BCUT2D eigenvalue weighted by Gasteiger charge is -2.12. The molecule has 3 aromatic rings. The summed E-state index contributed by atoms with van der Waals surface area (Å²) >= 11 is 1.63. The average molecular weight is 285 g/mol. The van der Waals surface area contributed by atoms with Crippen molar-refractivity contribution in [1.29, 1.82) is 0 Å². The highest BCUT2D eigenvalue weighted by atomic mass is 32.1. The predicted octanol–water partition coefficient (Wildman–Crippen LogP) is 3.93. The highest BCUT2D eigenvalue weighted by molar-refractivity contribution is 7.18. The van der Waals surface area contributed by atoms with E-state index in [0.717, 1.165) is 20.8 Å². The molecular weight excluding hydrogens is 270 g/mol. The zero-order valence-electron chi connectivity index (χ0n) is 11.1. The topological polar surface area (TPSA) is 42.4 Å². The Labute approximate surface area is 121 Å². The van der Waals surface area contributed by atoms with Gasteiger partial charge in [0.15, 0.2) is 0 Å². The molecule has 0 saturated carbocycles. The number of fused-ring (bicyclic) bond motifs is 1. The molecule has 0 amide bonds. The first kappa shape index (κ1) is 13.1. The maximum absolute atomic E-state index is 9.72. The van der Waals surface area contributed by atoms with E-state index in [2.05, 4.69) is 11.1 Å². The third-order valence-electron chi connectivity index (χ3n) is 3.06. The molecule has 0 aliphatic carbocycles. The van der Waals surface area contributed by atoms with E-state index < -0.39 is 6.10 Å². The Bertz CT molecular complexity index is 688. The monoisotopic (exact) mass is 285 g/mol. The quantitative estimate of drug-likeness (QED) is 0.789. The lowest BCUT2D eigenvalue weighted by atomic mass is 10.1. The van der Waals surface area contributed by atoms with Crippen molar-refractivity contribution in [2.45, 2.75) is 19.6 Å². The minimum Gasteiger partial charge on any atom is -0.486 e. The van der Waals surface area contributed by atoms with Crippen LogP contribution >= 0.6 is 11.3 Å². The highest BCUT2D eigenvalue weighted by Crippen LogP contribution is 2.27. The van der Waals surface area contributed by atoms with Crippen LogP contribution in [0, 0.1) is 0 Å². The number of rotatable bonds is 4. The fourth-order valence-electron chi connectivity index (χ4n) is 2.08. The number of para-hydroxylation sites is 2. The van der Waals surface area contributed by atoms with E-state index in [1.54, 1.807) is 18.3 Å². The van der Waals surface area contributed by atoms with Gasteiger partial charge in [-0.3, -0.25) is 0 Å². The van der Waals surface area contributed by atoms with Gasteiger partial charge in [-0.1, -0.05) is 30.3 Å². The fraction of sp³-hybridized carbons (Fsp3) is 0.188. The molecule has 0 bridgehead atoms. The van der Waals surface area contributed by atoms with Gasteiger partial charge in [-0.05, 0) is 25.1 Å². The first-order valence-corrected chi connectivity index (χ1v) is 7.30. The van der Waals surface area contributed by atoms with Gasteiger partial charge in [0.1, 0.15) is 17.4 Å². The van der Waals surface area contributed by atoms with E-state index in [1.165, 1.54) is 0 Å². The van der Waals surface area contributed by atoms with Crippen LogP contribution in [0.1, 0.15) is 23.6 Å². The number of hydrogen-bond donors (Lipinski definition) is 1. The Balaban J connectivity index is 1.79. The number of hydrogen-bond acceptors (Lipinski definition) is 4. The van der Waals surface area contributed by atoms with Crippen LogP contribution in [0.5, 0.6) is 5.75 Å². The van der Waals surface area contributed by atoms with Crippen LogP contribution in [0.15, 0.2) is 48.5 Å². The summed E-state index contributed by atoms with van der Waals surface area (Å²) in [5.41, 5.74) is 1.80. The van der Waals surface area contributed by atoms with E-state index in [0.29, 0.717) is 12.4 Å². The zero-order chi connectivity index (χ0) is 13.9. The number of nitrogens with zero attached hydrogens (tertiary/aromatic N) is 1. The Morgan fingerprint density at radius 1 is 1.15 bits per heavy atom. The van der Waals surface area contributed by atoms with Crippen molar-refractivity contribution in [3.63, 3.8) is 0 Å². The minimum atomic E-state index is -0.540. The van der Waals surface area contributed by atoms with E-state index in [-0.39, 0.29) is 0 Å². The molecule has 3 nitrogen and oxygen atoms in total. The molecule has 102 valence electrons. The second-order valence-corrected chi connectivity index (χ2v) is 5.69. The summed E-state index contributed by atoms with van der Waals surface area (Å²) in [6.07, 6.45) is -0.540. The summed E-state index contributed by atoms with van der Waals surface area (Å²) in [7, 11) is 0. The molecule has 0 radical (unpaired) electrons. The van der Waals surface area contributed by atoms with Gasteiger partial charge in [0.05, 0.1) is 16.3 Å². The zero-order valence-corrected chi connectivity index (χ0v) is 11.9. The molecule has 1 atom stereocenters.